The minimum absolute atomic E-state index is 0.0203. The number of ether oxygens (including phenoxy) is 2. The van der Waals surface area contributed by atoms with Crippen LogP contribution in [0, 0.1) is 21.7 Å². The average Bonchev–Trinajstić information content (AvgIpc) is 3.68. The van der Waals surface area contributed by atoms with E-state index in [0.717, 1.165) is 12.1 Å². The van der Waals surface area contributed by atoms with Crippen LogP contribution in [0.25, 0.3) is 0 Å². The first-order chi connectivity index (χ1) is 18.6. The fourth-order valence-corrected chi connectivity index (χ4v) is 7.08. The summed E-state index contributed by atoms with van der Waals surface area (Å²) in [6.07, 6.45) is 0.945. The van der Waals surface area contributed by atoms with Gasteiger partial charge in [-0.05, 0) is 80.1 Å². The van der Waals surface area contributed by atoms with Gasteiger partial charge in [-0.2, -0.15) is 4.31 Å². The van der Waals surface area contributed by atoms with Crippen LogP contribution < -0.4 is 4.74 Å². The maximum absolute atomic E-state index is 14.2. The number of carbonyl (C=O) groups excluding carboxylic acids is 1. The molecular weight excluding hydrogens is 534 g/mol. The van der Waals surface area contributed by atoms with Crippen molar-refractivity contribution in [3.05, 3.63) is 100 Å². The number of hydrogen-bond acceptors (Lipinski definition) is 7. The lowest BCUT2D eigenvalue weighted by Gasteiger charge is -2.44. The van der Waals surface area contributed by atoms with Gasteiger partial charge in [0.05, 0.1) is 21.9 Å². The minimum Gasteiger partial charge on any atom is -0.426 e. The van der Waals surface area contributed by atoms with E-state index in [1.54, 1.807) is 6.07 Å². The Bertz CT molecular complexity index is 1510. The first kappa shape index (κ1) is 26.7. The molecule has 1 aliphatic heterocycles. The molecular formula is C27H24F2N2O7S. The second kappa shape index (κ2) is 10.3. The molecule has 0 unspecified atom stereocenters. The Morgan fingerprint density at radius 1 is 0.974 bits per heavy atom. The highest BCUT2D eigenvalue weighted by molar-refractivity contribution is 7.89. The van der Waals surface area contributed by atoms with Crippen molar-refractivity contribution in [3.63, 3.8) is 0 Å². The van der Waals surface area contributed by atoms with Crippen molar-refractivity contribution in [1.29, 1.82) is 0 Å². The molecule has 39 heavy (non-hydrogen) atoms. The van der Waals surface area contributed by atoms with E-state index in [1.807, 2.05) is 0 Å². The van der Waals surface area contributed by atoms with Gasteiger partial charge in [0, 0.05) is 12.1 Å². The number of carbonyl (C=O) groups is 1. The molecule has 12 heteroatoms. The molecule has 0 bridgehead atoms. The summed E-state index contributed by atoms with van der Waals surface area (Å²) in [5.74, 6) is -1.23. The second-order valence-corrected chi connectivity index (χ2v) is 11.4. The van der Waals surface area contributed by atoms with Crippen LogP contribution in [0.2, 0.25) is 0 Å². The quantitative estimate of drug-likeness (QED) is 0.153. The lowest BCUT2D eigenvalue weighted by Crippen LogP contribution is -2.53. The number of nitro groups is 1. The van der Waals surface area contributed by atoms with Crippen LogP contribution in [0.3, 0.4) is 0 Å². The van der Waals surface area contributed by atoms with Crippen molar-refractivity contribution in [3.8, 4) is 5.75 Å². The van der Waals surface area contributed by atoms with Crippen LogP contribution in [0.4, 0.5) is 19.3 Å². The van der Waals surface area contributed by atoms with Crippen molar-refractivity contribution in [1.82, 2.24) is 4.31 Å². The Morgan fingerprint density at radius 2 is 1.64 bits per heavy atom. The van der Waals surface area contributed by atoms with Crippen molar-refractivity contribution in [2.75, 3.05) is 0 Å². The van der Waals surface area contributed by atoms with Crippen molar-refractivity contribution < 1.29 is 36.4 Å². The molecule has 2 aliphatic rings. The molecule has 204 valence electrons. The predicted molar refractivity (Wildman–Crippen MR) is 134 cm³/mol. The highest BCUT2D eigenvalue weighted by Crippen LogP contribution is 2.52. The molecule has 2 fully saturated rings. The average molecular weight is 559 g/mol. The van der Waals surface area contributed by atoms with Gasteiger partial charge in [-0.3, -0.25) is 10.1 Å². The van der Waals surface area contributed by atoms with E-state index in [0.29, 0.717) is 37.7 Å². The summed E-state index contributed by atoms with van der Waals surface area (Å²) in [4.78, 5) is 22.8. The molecule has 3 aromatic carbocycles. The molecule has 1 heterocycles. The first-order valence-electron chi connectivity index (χ1n) is 12.3. The van der Waals surface area contributed by atoms with Crippen LogP contribution in [-0.4, -0.2) is 35.4 Å². The summed E-state index contributed by atoms with van der Waals surface area (Å²) in [6, 6.07) is 13.5. The van der Waals surface area contributed by atoms with Gasteiger partial charge in [-0.1, -0.05) is 18.2 Å². The topological polar surface area (TPSA) is 116 Å². The number of piperidine rings is 1. The normalized spacial score (nSPS) is 20.7. The molecule has 0 aromatic heterocycles. The first-order valence-corrected chi connectivity index (χ1v) is 13.7. The molecule has 0 N–H and O–H groups in total. The Morgan fingerprint density at radius 3 is 2.26 bits per heavy atom. The third kappa shape index (κ3) is 5.48. The summed E-state index contributed by atoms with van der Waals surface area (Å²) >= 11 is 0. The summed E-state index contributed by atoms with van der Waals surface area (Å²) in [5.41, 5.74) is -0.952. The minimum atomic E-state index is -4.32. The predicted octanol–water partition coefficient (Wildman–Crippen LogP) is 5.91. The highest BCUT2D eigenvalue weighted by Gasteiger charge is 2.60. The molecule has 3 aromatic rings. The van der Waals surface area contributed by atoms with Gasteiger partial charge in [-0.25, -0.2) is 22.0 Å². The van der Waals surface area contributed by atoms with E-state index in [2.05, 4.69) is 0 Å². The number of non-ortho nitro benzene ring substituents is 1. The molecule has 2 atom stereocenters. The Labute approximate surface area is 223 Å². The zero-order valence-corrected chi connectivity index (χ0v) is 21.4. The summed E-state index contributed by atoms with van der Waals surface area (Å²) in [7, 11) is -4.32. The summed E-state index contributed by atoms with van der Waals surface area (Å²) < 4.78 is 68.4. The smallest absolute Gasteiger partial charge is 0.426 e. The third-order valence-electron chi connectivity index (χ3n) is 7.06. The van der Waals surface area contributed by atoms with E-state index >= 15 is 0 Å². The van der Waals surface area contributed by atoms with Crippen LogP contribution >= 0.6 is 0 Å². The van der Waals surface area contributed by atoms with E-state index < -0.39 is 50.4 Å². The third-order valence-corrected chi connectivity index (χ3v) is 8.97. The Balaban J connectivity index is 1.47. The van der Waals surface area contributed by atoms with Crippen molar-refractivity contribution >= 4 is 21.9 Å². The summed E-state index contributed by atoms with van der Waals surface area (Å²) in [5, 5.41) is 10.9. The second-order valence-electron chi connectivity index (χ2n) is 9.58. The van der Waals surface area contributed by atoms with Gasteiger partial charge >= 0.3 is 6.16 Å². The molecule has 0 amide bonds. The maximum atomic E-state index is 14.2. The number of nitro benzene ring substituents is 1. The number of halogens is 2. The molecule has 1 aliphatic carbocycles. The van der Waals surface area contributed by atoms with Gasteiger partial charge in [0.1, 0.15) is 23.0 Å². The zero-order valence-electron chi connectivity index (χ0n) is 20.5. The van der Waals surface area contributed by atoms with Crippen LogP contribution in [0.15, 0.2) is 77.7 Å². The Kier molecular flexibility index (Phi) is 7.08. The SMILES string of the molecule is O=C(Oc1ccc([N+](=O)[O-])cc1)OC1([C@H]2CCC[C@@H](c3cccc(F)c3)N2S(=O)(=O)c2cccc(F)c2)CC1. The zero-order chi connectivity index (χ0) is 27.8. The van der Waals surface area contributed by atoms with Crippen molar-refractivity contribution in [2.24, 2.45) is 0 Å². The highest BCUT2D eigenvalue weighted by atomic mass is 32.2. The lowest BCUT2D eigenvalue weighted by atomic mass is 9.90. The molecule has 0 radical (unpaired) electrons. The summed E-state index contributed by atoms with van der Waals surface area (Å²) in [6.45, 7) is 0. The monoisotopic (exact) mass is 558 g/mol. The van der Waals surface area contributed by atoms with Gasteiger partial charge in [0.25, 0.3) is 5.69 Å². The van der Waals surface area contributed by atoms with Crippen LogP contribution in [0.5, 0.6) is 5.75 Å². The van der Waals surface area contributed by atoms with Crippen LogP contribution in [-0.2, 0) is 14.8 Å². The van der Waals surface area contributed by atoms with Crippen molar-refractivity contribution in [2.45, 2.75) is 54.7 Å². The fourth-order valence-electron chi connectivity index (χ4n) is 5.13. The molecule has 1 saturated carbocycles. The van der Waals surface area contributed by atoms with Gasteiger partial charge in [0.2, 0.25) is 10.0 Å². The number of rotatable bonds is 7. The van der Waals surface area contributed by atoms with E-state index in [1.165, 1.54) is 58.9 Å². The Hall–Kier alpha value is -3.90. The maximum Gasteiger partial charge on any atom is 0.514 e. The number of sulfonamides is 1. The fraction of sp³-hybridized carbons (Fsp3) is 0.296. The largest absolute Gasteiger partial charge is 0.514 e. The van der Waals surface area contributed by atoms with E-state index in [9.17, 15) is 32.1 Å². The molecule has 9 nitrogen and oxygen atoms in total. The van der Waals surface area contributed by atoms with Gasteiger partial charge in [0.15, 0.2) is 0 Å². The number of hydrogen-bond donors (Lipinski definition) is 0. The van der Waals surface area contributed by atoms with E-state index in [4.69, 9.17) is 9.47 Å². The van der Waals surface area contributed by atoms with E-state index in [-0.39, 0.29) is 16.3 Å². The number of benzene rings is 3. The number of nitrogens with zero attached hydrogens (tertiary/aromatic N) is 2. The van der Waals surface area contributed by atoms with Gasteiger partial charge in [-0.15, -0.1) is 0 Å². The van der Waals surface area contributed by atoms with Gasteiger partial charge < -0.3 is 9.47 Å². The molecule has 5 rings (SSSR count). The lowest BCUT2D eigenvalue weighted by molar-refractivity contribution is -0.384. The molecule has 0 spiro atoms. The molecule has 1 saturated heterocycles. The van der Waals surface area contributed by atoms with Crippen LogP contribution in [0.1, 0.15) is 43.7 Å². The standard InChI is InChI=1S/C27H24F2N2O7S/c28-19-5-1-4-18(16-19)24-8-3-9-25(30(24)39(35,36)23-7-2-6-20(29)17-23)27(14-15-27)38-26(32)37-22-12-10-21(11-13-22)31(33)34/h1-2,4-7,10-13,16-17,24-25H,3,8-9,14-15H2/t24-,25+/m0/s1.